The first-order valence-electron chi connectivity index (χ1n) is 6.42. The third-order valence-electron chi connectivity index (χ3n) is 3.58. The Hall–Kier alpha value is -1.22. The smallest absolute Gasteiger partial charge is 0.231 e. The Morgan fingerprint density at radius 1 is 1.29 bits per heavy atom. The lowest BCUT2D eigenvalue weighted by molar-refractivity contribution is 0.172. The fraction of sp³-hybridized carbons (Fsp3) is 0.571. The van der Waals surface area contributed by atoms with Crippen molar-refractivity contribution in [1.29, 1.82) is 0 Å². The third kappa shape index (κ3) is 2.39. The minimum absolute atomic E-state index is 0.361. The van der Waals surface area contributed by atoms with E-state index in [1.807, 2.05) is 6.07 Å². The van der Waals surface area contributed by atoms with Crippen LogP contribution in [0.1, 0.15) is 25.3 Å². The summed E-state index contributed by atoms with van der Waals surface area (Å²) in [6.07, 6.45) is 2.70. The van der Waals surface area contributed by atoms with E-state index in [0.717, 1.165) is 24.0 Å². The van der Waals surface area contributed by atoms with Crippen molar-refractivity contribution in [3.8, 4) is 11.5 Å². The first-order valence-corrected chi connectivity index (χ1v) is 6.42. The van der Waals surface area contributed by atoms with E-state index >= 15 is 0 Å². The molecule has 3 nitrogen and oxygen atoms in total. The molecule has 0 aromatic heterocycles. The molecule has 17 heavy (non-hydrogen) atoms. The highest BCUT2D eigenvalue weighted by Gasteiger charge is 2.18. The predicted molar refractivity (Wildman–Crippen MR) is 66.2 cm³/mol. The van der Waals surface area contributed by atoms with Gasteiger partial charge in [0.05, 0.1) is 0 Å². The molecular formula is C14H19NO2. The molecule has 3 heteroatoms. The lowest BCUT2D eigenvalue weighted by Crippen LogP contribution is -2.33. The molecule has 1 atom stereocenters. The number of piperidine rings is 1. The van der Waals surface area contributed by atoms with Crippen LogP contribution in [0.5, 0.6) is 11.5 Å². The molecule has 2 heterocycles. The molecule has 2 aliphatic rings. The lowest BCUT2D eigenvalue weighted by atomic mass is 10.00. The number of likely N-dealkylation sites (tertiary alicyclic amines) is 1. The summed E-state index contributed by atoms with van der Waals surface area (Å²) in [6, 6.07) is 6.28. The Morgan fingerprint density at radius 2 is 2.18 bits per heavy atom. The summed E-state index contributed by atoms with van der Waals surface area (Å²) in [5.41, 5.74) is 1.32. The van der Waals surface area contributed by atoms with Crippen LogP contribution in [0.4, 0.5) is 0 Å². The van der Waals surface area contributed by atoms with Crippen molar-refractivity contribution in [3.63, 3.8) is 0 Å². The van der Waals surface area contributed by atoms with E-state index in [1.165, 1.54) is 31.5 Å². The Balaban J connectivity index is 1.68. The topological polar surface area (TPSA) is 21.7 Å². The molecule has 1 aromatic rings. The van der Waals surface area contributed by atoms with Gasteiger partial charge in [0.1, 0.15) is 0 Å². The maximum atomic E-state index is 5.41. The zero-order chi connectivity index (χ0) is 11.7. The van der Waals surface area contributed by atoms with Crippen molar-refractivity contribution in [2.75, 3.05) is 19.9 Å². The van der Waals surface area contributed by atoms with Gasteiger partial charge in [-0.3, -0.25) is 4.90 Å². The van der Waals surface area contributed by atoms with E-state index in [9.17, 15) is 0 Å². The number of benzene rings is 1. The highest BCUT2D eigenvalue weighted by atomic mass is 16.7. The van der Waals surface area contributed by atoms with Crippen LogP contribution >= 0.6 is 0 Å². The summed E-state index contributed by atoms with van der Waals surface area (Å²) >= 11 is 0. The minimum Gasteiger partial charge on any atom is -0.454 e. The van der Waals surface area contributed by atoms with Gasteiger partial charge in [0.2, 0.25) is 6.79 Å². The summed E-state index contributed by atoms with van der Waals surface area (Å²) in [6.45, 7) is 6.17. The normalized spacial score (nSPS) is 23.9. The van der Waals surface area contributed by atoms with E-state index in [-0.39, 0.29) is 0 Å². The predicted octanol–water partition coefficient (Wildman–Crippen LogP) is 2.65. The molecule has 1 fully saturated rings. The Morgan fingerprint density at radius 3 is 3.06 bits per heavy atom. The molecule has 0 bridgehead atoms. The second-order valence-electron chi connectivity index (χ2n) is 5.17. The average molecular weight is 233 g/mol. The zero-order valence-electron chi connectivity index (χ0n) is 10.3. The van der Waals surface area contributed by atoms with Crippen LogP contribution in [0.15, 0.2) is 18.2 Å². The van der Waals surface area contributed by atoms with Crippen LogP contribution in [0.3, 0.4) is 0 Å². The van der Waals surface area contributed by atoms with Gasteiger partial charge in [-0.05, 0) is 43.0 Å². The minimum atomic E-state index is 0.361. The van der Waals surface area contributed by atoms with Crippen molar-refractivity contribution in [2.24, 2.45) is 5.92 Å². The Bertz CT molecular complexity index is 405. The molecule has 3 rings (SSSR count). The molecule has 0 aliphatic carbocycles. The Labute approximate surface area is 102 Å². The number of rotatable bonds is 2. The molecular weight excluding hydrogens is 214 g/mol. The molecule has 0 N–H and O–H groups in total. The molecule has 1 saturated heterocycles. The highest BCUT2D eigenvalue weighted by Crippen LogP contribution is 2.33. The van der Waals surface area contributed by atoms with Crippen LogP contribution in [-0.4, -0.2) is 24.8 Å². The molecule has 0 radical (unpaired) electrons. The number of ether oxygens (including phenoxy) is 2. The maximum absolute atomic E-state index is 5.41. The first-order chi connectivity index (χ1) is 8.31. The van der Waals surface area contributed by atoms with Gasteiger partial charge >= 0.3 is 0 Å². The van der Waals surface area contributed by atoms with Crippen LogP contribution in [0, 0.1) is 5.92 Å². The van der Waals surface area contributed by atoms with Crippen LogP contribution in [0.2, 0.25) is 0 Å². The third-order valence-corrected chi connectivity index (χ3v) is 3.58. The van der Waals surface area contributed by atoms with E-state index in [1.54, 1.807) is 0 Å². The van der Waals surface area contributed by atoms with Gasteiger partial charge in [-0.25, -0.2) is 0 Å². The number of nitrogens with zero attached hydrogens (tertiary/aromatic N) is 1. The maximum Gasteiger partial charge on any atom is 0.231 e. The van der Waals surface area contributed by atoms with E-state index in [2.05, 4.69) is 24.0 Å². The van der Waals surface area contributed by atoms with E-state index in [0.29, 0.717) is 6.79 Å². The van der Waals surface area contributed by atoms with E-state index in [4.69, 9.17) is 9.47 Å². The van der Waals surface area contributed by atoms with Gasteiger partial charge in [-0.2, -0.15) is 0 Å². The van der Waals surface area contributed by atoms with Crippen molar-refractivity contribution in [3.05, 3.63) is 23.8 Å². The van der Waals surface area contributed by atoms with Gasteiger partial charge in [0.15, 0.2) is 11.5 Å². The summed E-state index contributed by atoms with van der Waals surface area (Å²) in [7, 11) is 0. The summed E-state index contributed by atoms with van der Waals surface area (Å²) in [5.74, 6) is 2.60. The quantitative estimate of drug-likeness (QED) is 0.784. The molecule has 0 spiro atoms. The van der Waals surface area contributed by atoms with Crippen molar-refractivity contribution in [2.45, 2.75) is 26.3 Å². The number of hydrogen-bond donors (Lipinski definition) is 0. The van der Waals surface area contributed by atoms with Gasteiger partial charge in [0, 0.05) is 13.1 Å². The van der Waals surface area contributed by atoms with Crippen LogP contribution < -0.4 is 9.47 Å². The van der Waals surface area contributed by atoms with Crippen molar-refractivity contribution >= 4 is 0 Å². The second kappa shape index (κ2) is 4.57. The highest BCUT2D eigenvalue weighted by molar-refractivity contribution is 5.44. The van der Waals surface area contributed by atoms with Gasteiger partial charge in [0.25, 0.3) is 0 Å². The van der Waals surface area contributed by atoms with Gasteiger partial charge in [-0.1, -0.05) is 13.0 Å². The molecule has 0 amide bonds. The lowest BCUT2D eigenvalue weighted by Gasteiger charge is -2.30. The molecule has 0 unspecified atom stereocenters. The zero-order valence-corrected chi connectivity index (χ0v) is 10.3. The fourth-order valence-corrected chi connectivity index (χ4v) is 2.73. The largest absolute Gasteiger partial charge is 0.454 e. The van der Waals surface area contributed by atoms with Crippen molar-refractivity contribution in [1.82, 2.24) is 4.90 Å². The SMILES string of the molecule is C[C@H]1CCCN(Cc2ccc3c(c2)OCO3)C1. The molecule has 1 aromatic carbocycles. The fourth-order valence-electron chi connectivity index (χ4n) is 2.73. The summed E-state index contributed by atoms with van der Waals surface area (Å²) in [5, 5.41) is 0. The number of fused-ring (bicyclic) bond motifs is 1. The Kier molecular flexibility index (Phi) is 2.93. The average Bonchev–Trinajstić information content (AvgIpc) is 2.76. The van der Waals surface area contributed by atoms with Crippen molar-refractivity contribution < 1.29 is 9.47 Å². The van der Waals surface area contributed by atoms with Gasteiger partial charge in [-0.15, -0.1) is 0 Å². The van der Waals surface area contributed by atoms with Crippen LogP contribution in [-0.2, 0) is 6.54 Å². The summed E-state index contributed by atoms with van der Waals surface area (Å²) < 4.78 is 10.7. The van der Waals surface area contributed by atoms with Crippen LogP contribution in [0.25, 0.3) is 0 Å². The molecule has 0 saturated carbocycles. The monoisotopic (exact) mass is 233 g/mol. The standard InChI is InChI=1S/C14H19NO2/c1-11-3-2-6-15(8-11)9-12-4-5-13-14(7-12)17-10-16-13/h4-5,7,11H,2-3,6,8-10H2,1H3/t11-/m0/s1. The van der Waals surface area contributed by atoms with Gasteiger partial charge < -0.3 is 9.47 Å². The molecule has 92 valence electrons. The second-order valence-corrected chi connectivity index (χ2v) is 5.17. The van der Waals surface area contributed by atoms with E-state index < -0.39 is 0 Å². The summed E-state index contributed by atoms with van der Waals surface area (Å²) in [4.78, 5) is 2.53. The number of hydrogen-bond acceptors (Lipinski definition) is 3. The first kappa shape index (κ1) is 10.9. The molecule has 2 aliphatic heterocycles.